The SMILES string of the molecule is CC(=O)N[C@@H](CO)C[C@@H](O)[C@H](O)CO[C@@H]1O[C@H](CO)[C@@H](O)[C@H](O[C@@H]2O[C@H](CO)[C@H](O)[C@H](O)[C@H]2O)[C@H]1NC(C)=O. The molecular weight excluding hydrogens is 532 g/mol. The van der Waals surface area contributed by atoms with E-state index in [9.17, 15) is 55.5 Å². The van der Waals surface area contributed by atoms with E-state index in [4.69, 9.17) is 18.9 Å². The van der Waals surface area contributed by atoms with Crippen LogP contribution in [0.25, 0.3) is 0 Å². The molecule has 0 bridgehead atoms. The fraction of sp³-hybridized carbons (Fsp3) is 0.909. The van der Waals surface area contributed by atoms with Crippen LogP contribution in [0.15, 0.2) is 0 Å². The van der Waals surface area contributed by atoms with Gasteiger partial charge in [0, 0.05) is 13.8 Å². The van der Waals surface area contributed by atoms with Gasteiger partial charge in [0.25, 0.3) is 0 Å². The van der Waals surface area contributed by atoms with Gasteiger partial charge in [0.2, 0.25) is 11.8 Å². The van der Waals surface area contributed by atoms with Crippen molar-refractivity contribution in [2.75, 3.05) is 26.4 Å². The molecule has 0 aromatic heterocycles. The summed E-state index contributed by atoms with van der Waals surface area (Å²) in [5.41, 5.74) is 0. The maximum Gasteiger partial charge on any atom is 0.217 e. The van der Waals surface area contributed by atoms with E-state index in [0.717, 1.165) is 6.92 Å². The number of hydrogen-bond donors (Lipinski definition) is 11. The van der Waals surface area contributed by atoms with Crippen LogP contribution in [0.5, 0.6) is 0 Å². The molecule has 0 aromatic carbocycles. The second kappa shape index (κ2) is 15.4. The lowest BCUT2D eigenvalue weighted by molar-refractivity contribution is -0.345. The largest absolute Gasteiger partial charge is 0.394 e. The van der Waals surface area contributed by atoms with Gasteiger partial charge in [-0.15, -0.1) is 0 Å². The van der Waals surface area contributed by atoms with Crippen molar-refractivity contribution in [1.29, 1.82) is 0 Å². The fourth-order valence-corrected chi connectivity index (χ4v) is 4.31. The molecule has 39 heavy (non-hydrogen) atoms. The second-order valence-electron chi connectivity index (χ2n) is 9.52. The van der Waals surface area contributed by atoms with Crippen LogP contribution in [0.3, 0.4) is 0 Å². The topological polar surface area (TPSA) is 277 Å². The van der Waals surface area contributed by atoms with Gasteiger partial charge in [-0.25, -0.2) is 0 Å². The highest BCUT2D eigenvalue weighted by atomic mass is 16.7. The van der Waals surface area contributed by atoms with E-state index in [1.54, 1.807) is 0 Å². The van der Waals surface area contributed by atoms with Crippen LogP contribution in [0, 0.1) is 0 Å². The molecule has 2 amide bonds. The first-order valence-corrected chi connectivity index (χ1v) is 12.4. The molecule has 11 N–H and O–H groups in total. The first kappa shape index (κ1) is 33.6. The molecule has 0 aliphatic carbocycles. The second-order valence-corrected chi connectivity index (χ2v) is 9.52. The first-order valence-electron chi connectivity index (χ1n) is 12.4. The van der Waals surface area contributed by atoms with Gasteiger partial charge in [-0.2, -0.15) is 0 Å². The number of aliphatic hydroxyl groups is 9. The number of nitrogens with one attached hydrogen (secondary N) is 2. The van der Waals surface area contributed by atoms with Crippen molar-refractivity contribution in [1.82, 2.24) is 10.6 Å². The average molecular weight is 573 g/mol. The number of aliphatic hydroxyl groups excluding tert-OH is 9. The number of hydrogen-bond acceptors (Lipinski definition) is 15. The normalized spacial score (nSPS) is 37.5. The molecule has 17 nitrogen and oxygen atoms in total. The molecule has 0 radical (unpaired) electrons. The molecule has 2 saturated heterocycles. The molecule has 2 heterocycles. The Morgan fingerprint density at radius 2 is 1.41 bits per heavy atom. The van der Waals surface area contributed by atoms with Crippen LogP contribution < -0.4 is 10.6 Å². The maximum absolute atomic E-state index is 12.0. The third-order valence-corrected chi connectivity index (χ3v) is 6.39. The van der Waals surface area contributed by atoms with Gasteiger partial charge in [0.1, 0.15) is 54.9 Å². The number of carbonyl (C=O) groups excluding carboxylic acids is 2. The molecule has 2 aliphatic heterocycles. The van der Waals surface area contributed by atoms with Crippen molar-refractivity contribution in [2.24, 2.45) is 0 Å². The Morgan fingerprint density at radius 1 is 0.821 bits per heavy atom. The Morgan fingerprint density at radius 3 is 1.95 bits per heavy atom. The van der Waals surface area contributed by atoms with Crippen LogP contribution >= 0.6 is 0 Å². The lowest BCUT2D eigenvalue weighted by atomic mass is 9.95. The number of ether oxygens (including phenoxy) is 4. The van der Waals surface area contributed by atoms with E-state index in [2.05, 4.69) is 10.6 Å². The van der Waals surface area contributed by atoms with E-state index >= 15 is 0 Å². The molecule has 2 rings (SSSR count). The van der Waals surface area contributed by atoms with Crippen molar-refractivity contribution in [2.45, 2.75) is 99.9 Å². The molecule has 17 heteroatoms. The Kier molecular flexibility index (Phi) is 13.3. The minimum atomic E-state index is -1.84. The van der Waals surface area contributed by atoms with Gasteiger partial charge in [0.05, 0.1) is 38.6 Å². The molecule has 0 unspecified atom stereocenters. The Hall–Kier alpha value is -1.58. The summed E-state index contributed by atoms with van der Waals surface area (Å²) < 4.78 is 22.1. The van der Waals surface area contributed by atoms with E-state index in [0.29, 0.717) is 0 Å². The van der Waals surface area contributed by atoms with E-state index in [1.807, 2.05) is 0 Å². The van der Waals surface area contributed by atoms with Gasteiger partial charge in [-0.05, 0) is 6.42 Å². The minimum absolute atomic E-state index is 0.234. The van der Waals surface area contributed by atoms with Crippen LogP contribution in [0.4, 0.5) is 0 Å². The van der Waals surface area contributed by atoms with Gasteiger partial charge >= 0.3 is 0 Å². The Balaban J connectivity index is 2.19. The van der Waals surface area contributed by atoms with Crippen molar-refractivity contribution < 1.29 is 74.5 Å². The maximum atomic E-state index is 12.0. The van der Waals surface area contributed by atoms with Gasteiger partial charge in [-0.1, -0.05) is 0 Å². The average Bonchev–Trinajstić information content (AvgIpc) is 2.88. The highest BCUT2D eigenvalue weighted by molar-refractivity contribution is 5.73. The quantitative estimate of drug-likeness (QED) is 0.0978. The molecule has 13 atom stereocenters. The Labute approximate surface area is 223 Å². The van der Waals surface area contributed by atoms with Crippen LogP contribution in [-0.4, -0.2) is 164 Å². The van der Waals surface area contributed by atoms with Crippen LogP contribution in [0.1, 0.15) is 20.3 Å². The van der Waals surface area contributed by atoms with Crippen LogP contribution in [0.2, 0.25) is 0 Å². The summed E-state index contributed by atoms with van der Waals surface area (Å²) >= 11 is 0. The zero-order valence-corrected chi connectivity index (χ0v) is 21.5. The third kappa shape index (κ3) is 8.95. The lowest BCUT2D eigenvalue weighted by Gasteiger charge is -2.47. The highest BCUT2D eigenvalue weighted by Gasteiger charge is 2.51. The van der Waals surface area contributed by atoms with E-state index < -0.39 is 118 Å². The summed E-state index contributed by atoms with van der Waals surface area (Å²) in [6.45, 7) is -0.286. The zero-order chi connectivity index (χ0) is 29.4. The van der Waals surface area contributed by atoms with Crippen molar-refractivity contribution in [3.05, 3.63) is 0 Å². The molecule has 0 aromatic rings. The van der Waals surface area contributed by atoms with Gasteiger partial charge in [-0.3, -0.25) is 9.59 Å². The number of carbonyl (C=O) groups is 2. The monoisotopic (exact) mass is 572 g/mol. The summed E-state index contributed by atoms with van der Waals surface area (Å²) in [7, 11) is 0. The minimum Gasteiger partial charge on any atom is -0.394 e. The van der Waals surface area contributed by atoms with Gasteiger partial charge < -0.3 is 75.5 Å². The predicted molar refractivity (Wildman–Crippen MR) is 125 cm³/mol. The zero-order valence-electron chi connectivity index (χ0n) is 21.5. The molecule has 2 aliphatic rings. The predicted octanol–water partition coefficient (Wildman–Crippen LogP) is -6.62. The first-order chi connectivity index (χ1) is 18.3. The Bertz CT molecular complexity index is 776. The van der Waals surface area contributed by atoms with E-state index in [1.165, 1.54) is 6.92 Å². The van der Waals surface area contributed by atoms with Crippen molar-refractivity contribution >= 4 is 11.8 Å². The molecule has 2 fully saturated rings. The van der Waals surface area contributed by atoms with E-state index in [-0.39, 0.29) is 6.42 Å². The summed E-state index contributed by atoms with van der Waals surface area (Å²) in [5.74, 6) is -1.10. The van der Waals surface area contributed by atoms with Gasteiger partial charge in [0.15, 0.2) is 12.6 Å². The molecular formula is C22H40N2O15. The molecule has 0 saturated carbocycles. The van der Waals surface area contributed by atoms with Crippen LogP contribution in [-0.2, 0) is 28.5 Å². The molecule has 228 valence electrons. The third-order valence-electron chi connectivity index (χ3n) is 6.39. The summed E-state index contributed by atoms with van der Waals surface area (Å²) in [4.78, 5) is 23.2. The summed E-state index contributed by atoms with van der Waals surface area (Å²) in [5, 5.41) is 95.2. The summed E-state index contributed by atoms with van der Waals surface area (Å²) in [6, 6.07) is -2.21. The van der Waals surface area contributed by atoms with Crippen molar-refractivity contribution in [3.8, 4) is 0 Å². The number of rotatable bonds is 13. The lowest BCUT2D eigenvalue weighted by Crippen LogP contribution is -2.68. The standard InChI is InChI=1S/C22H40N2O15/c1-8(28)23-10(4-25)3-11(30)12(31)7-36-21-15(24-9(2)29)20(17(33)14(6-27)37-21)39-22-19(35)18(34)16(32)13(5-26)38-22/h10-22,25-27,30-35H,3-7H2,1-2H3,(H,23,28)(H,24,29)/t10-,11-,12-,13-,14-,15-,16+,17-,18+,19-,20-,21-,22+/m1/s1. The molecule has 0 spiro atoms. The summed E-state index contributed by atoms with van der Waals surface area (Å²) in [6.07, 6.45) is -17.7. The number of amides is 2. The highest BCUT2D eigenvalue weighted by Crippen LogP contribution is 2.30. The van der Waals surface area contributed by atoms with Crippen molar-refractivity contribution in [3.63, 3.8) is 0 Å². The fourth-order valence-electron chi connectivity index (χ4n) is 4.31. The smallest absolute Gasteiger partial charge is 0.217 e.